The third-order valence-electron chi connectivity index (χ3n) is 2.80. The second-order valence-electron chi connectivity index (χ2n) is 4.45. The van der Waals surface area contributed by atoms with E-state index in [0.717, 1.165) is 35.1 Å². The molecule has 86 valence electrons. The largest absolute Gasteiger partial charge is 0.435 e. The molecule has 0 aromatic rings. The van der Waals surface area contributed by atoms with Crippen LogP contribution in [-0.4, -0.2) is 28.2 Å². The Hall–Kier alpha value is -0.613. The van der Waals surface area contributed by atoms with Crippen molar-refractivity contribution < 1.29 is 14.3 Å². The number of carbonyl (C=O) groups is 1. The van der Waals surface area contributed by atoms with Crippen molar-refractivity contribution >= 4 is 16.2 Å². The van der Waals surface area contributed by atoms with E-state index in [1.807, 2.05) is 13.8 Å². The molecule has 0 spiro atoms. The van der Waals surface area contributed by atoms with Crippen LogP contribution in [0.2, 0.25) is 0 Å². The van der Waals surface area contributed by atoms with Crippen molar-refractivity contribution in [2.24, 2.45) is 0 Å². The van der Waals surface area contributed by atoms with Gasteiger partial charge >= 0.3 is 5.97 Å². The molecule has 0 saturated carbocycles. The van der Waals surface area contributed by atoms with E-state index in [0.29, 0.717) is 12.2 Å². The van der Waals surface area contributed by atoms with Crippen LogP contribution in [0.15, 0.2) is 11.1 Å². The molecule has 1 aliphatic rings. The number of allylic oxidation sites excluding steroid dienone is 1. The zero-order valence-electron chi connectivity index (χ0n) is 10.1. The molecular weight excluding hydrogens is 208 g/mol. The summed E-state index contributed by atoms with van der Waals surface area (Å²) < 4.78 is 11.0. The van der Waals surface area contributed by atoms with Gasteiger partial charge in [-0.15, -0.1) is 0 Å². The third-order valence-corrected chi connectivity index (χ3v) is 3.79. The lowest BCUT2D eigenvalue weighted by Crippen LogP contribution is -2.41. The van der Waals surface area contributed by atoms with E-state index in [-0.39, 0.29) is 5.97 Å². The fourth-order valence-corrected chi connectivity index (χ4v) is 2.21. The van der Waals surface area contributed by atoms with Gasteiger partial charge in [-0.3, -0.25) is 0 Å². The lowest BCUT2D eigenvalue weighted by Gasteiger charge is -2.33. The highest BCUT2D eigenvalue weighted by molar-refractivity contribution is 6.14. The second kappa shape index (κ2) is 4.94. The van der Waals surface area contributed by atoms with Gasteiger partial charge < -0.3 is 9.47 Å². The molecule has 1 aliphatic heterocycles. The number of esters is 1. The summed E-state index contributed by atoms with van der Waals surface area (Å²) in [4.78, 5) is 11.7. The molecule has 0 bridgehead atoms. The Labute approximate surface area is 94.3 Å². The number of hydrogen-bond acceptors (Lipinski definition) is 3. The first-order chi connectivity index (χ1) is 6.94. The lowest BCUT2D eigenvalue weighted by molar-refractivity contribution is -0.202. The van der Waals surface area contributed by atoms with Gasteiger partial charge in [0.2, 0.25) is 0 Å². The van der Waals surface area contributed by atoms with Gasteiger partial charge in [-0.25, -0.2) is 4.79 Å². The molecule has 0 radical (unpaired) electrons. The van der Waals surface area contributed by atoms with Crippen LogP contribution < -0.4 is 0 Å². The first-order valence-corrected chi connectivity index (χ1v) is 6.46. The fourth-order valence-electron chi connectivity index (χ4n) is 1.47. The SMILES string of the molecule is CC(C)=C(C)C(=O)OC1([SiH3])CCCCO1. The van der Waals surface area contributed by atoms with Crippen molar-refractivity contribution in [1.29, 1.82) is 0 Å². The first kappa shape index (κ1) is 12.5. The zero-order chi connectivity index (χ0) is 11.5. The zero-order valence-corrected chi connectivity index (χ0v) is 12.1. The minimum atomic E-state index is -0.577. The Morgan fingerprint density at radius 3 is 2.47 bits per heavy atom. The predicted octanol–water partition coefficient (Wildman–Crippen LogP) is 1.11. The van der Waals surface area contributed by atoms with Crippen LogP contribution in [0.3, 0.4) is 0 Å². The summed E-state index contributed by atoms with van der Waals surface area (Å²) >= 11 is 0. The summed E-state index contributed by atoms with van der Waals surface area (Å²) in [5.41, 5.74) is 1.12. The highest BCUT2D eigenvalue weighted by atomic mass is 28.1. The van der Waals surface area contributed by atoms with E-state index in [9.17, 15) is 4.79 Å². The molecule has 0 aliphatic carbocycles. The topological polar surface area (TPSA) is 35.5 Å². The molecule has 3 nitrogen and oxygen atoms in total. The van der Waals surface area contributed by atoms with Gasteiger partial charge in [-0.2, -0.15) is 0 Å². The number of rotatable bonds is 2. The van der Waals surface area contributed by atoms with Crippen molar-refractivity contribution in [3.8, 4) is 0 Å². The quantitative estimate of drug-likeness (QED) is 0.403. The molecule has 15 heavy (non-hydrogen) atoms. The summed E-state index contributed by atoms with van der Waals surface area (Å²) in [7, 11) is 0.732. The highest BCUT2D eigenvalue weighted by Gasteiger charge is 2.31. The fraction of sp³-hybridized carbons (Fsp3) is 0.727. The van der Waals surface area contributed by atoms with E-state index in [1.165, 1.54) is 0 Å². The van der Waals surface area contributed by atoms with Crippen LogP contribution >= 0.6 is 0 Å². The Bertz CT molecular complexity index is 274. The number of hydrogen-bond donors (Lipinski definition) is 0. The summed E-state index contributed by atoms with van der Waals surface area (Å²) in [6.07, 6.45) is 3.01. The van der Waals surface area contributed by atoms with Crippen LogP contribution in [0.25, 0.3) is 0 Å². The van der Waals surface area contributed by atoms with Gasteiger partial charge in [0, 0.05) is 12.0 Å². The van der Waals surface area contributed by atoms with Gasteiger partial charge in [0.05, 0.1) is 16.8 Å². The van der Waals surface area contributed by atoms with Crippen molar-refractivity contribution in [3.63, 3.8) is 0 Å². The minimum Gasteiger partial charge on any atom is -0.435 e. The standard InChI is InChI=1S/C11H20O3Si/c1-8(2)9(3)10(12)14-11(15)6-4-5-7-13-11/h4-7H2,1-3,15H3. The molecule has 0 aromatic carbocycles. The van der Waals surface area contributed by atoms with Crippen molar-refractivity contribution in [2.45, 2.75) is 45.4 Å². The predicted molar refractivity (Wildman–Crippen MR) is 62.6 cm³/mol. The minimum absolute atomic E-state index is 0.230. The normalized spacial score (nSPS) is 26.1. The molecule has 1 rings (SSSR count). The maximum atomic E-state index is 11.7. The van der Waals surface area contributed by atoms with E-state index >= 15 is 0 Å². The van der Waals surface area contributed by atoms with Crippen LogP contribution in [-0.2, 0) is 14.3 Å². The van der Waals surface area contributed by atoms with Crippen molar-refractivity contribution in [2.75, 3.05) is 6.61 Å². The molecule has 1 saturated heterocycles. The highest BCUT2D eigenvalue weighted by Crippen LogP contribution is 2.24. The van der Waals surface area contributed by atoms with Crippen LogP contribution in [0, 0.1) is 0 Å². The van der Waals surface area contributed by atoms with E-state index in [4.69, 9.17) is 9.47 Å². The van der Waals surface area contributed by atoms with Crippen molar-refractivity contribution in [1.82, 2.24) is 0 Å². The third kappa shape index (κ3) is 3.46. The Morgan fingerprint density at radius 1 is 1.33 bits per heavy atom. The van der Waals surface area contributed by atoms with Gasteiger partial charge in [0.1, 0.15) is 0 Å². The van der Waals surface area contributed by atoms with Crippen LogP contribution in [0.4, 0.5) is 0 Å². The van der Waals surface area contributed by atoms with E-state index in [2.05, 4.69) is 0 Å². The maximum Gasteiger partial charge on any atom is 0.335 e. The molecule has 0 amide bonds. The monoisotopic (exact) mass is 228 g/mol. The maximum absolute atomic E-state index is 11.7. The number of carbonyl (C=O) groups excluding carboxylic acids is 1. The molecule has 0 aromatic heterocycles. The molecule has 0 N–H and O–H groups in total. The summed E-state index contributed by atoms with van der Waals surface area (Å²) in [6, 6.07) is 0. The molecule has 4 heteroatoms. The average Bonchev–Trinajstić information content (AvgIpc) is 2.16. The lowest BCUT2D eigenvalue weighted by atomic mass is 10.2. The van der Waals surface area contributed by atoms with Gasteiger partial charge in [0.25, 0.3) is 0 Å². The Morgan fingerprint density at radius 2 is 2.00 bits per heavy atom. The molecule has 1 heterocycles. The van der Waals surface area contributed by atoms with E-state index < -0.39 is 5.41 Å². The summed E-state index contributed by atoms with van der Waals surface area (Å²) in [5, 5.41) is 0. The molecule has 1 unspecified atom stereocenters. The summed E-state index contributed by atoms with van der Waals surface area (Å²) in [5.74, 6) is -0.230. The van der Waals surface area contributed by atoms with Gasteiger partial charge in [-0.1, -0.05) is 5.57 Å². The smallest absolute Gasteiger partial charge is 0.335 e. The average molecular weight is 228 g/mol. The van der Waals surface area contributed by atoms with Gasteiger partial charge in [0.15, 0.2) is 5.41 Å². The summed E-state index contributed by atoms with van der Waals surface area (Å²) in [6.45, 7) is 6.34. The van der Waals surface area contributed by atoms with Gasteiger partial charge in [-0.05, 0) is 33.6 Å². The molecule has 1 fully saturated rings. The second-order valence-corrected chi connectivity index (χ2v) is 5.98. The molecular formula is C11H20O3Si. The Balaban J connectivity index is 2.61. The van der Waals surface area contributed by atoms with E-state index in [1.54, 1.807) is 6.92 Å². The first-order valence-electron chi connectivity index (χ1n) is 5.46. The van der Waals surface area contributed by atoms with Crippen LogP contribution in [0.5, 0.6) is 0 Å². The molecule has 1 atom stereocenters. The Kier molecular flexibility index (Phi) is 4.10. The van der Waals surface area contributed by atoms with Crippen molar-refractivity contribution in [3.05, 3.63) is 11.1 Å². The number of ether oxygens (including phenoxy) is 2. The van der Waals surface area contributed by atoms with Crippen LogP contribution in [0.1, 0.15) is 40.0 Å².